The van der Waals surface area contributed by atoms with Crippen LogP contribution in [0.3, 0.4) is 0 Å². The maximum Gasteiger partial charge on any atom is 0.169 e. The van der Waals surface area contributed by atoms with Gasteiger partial charge >= 0.3 is 0 Å². The minimum absolute atomic E-state index is 0.267. The average Bonchev–Trinajstić information content (AvgIpc) is 3.48. The zero-order chi connectivity index (χ0) is 29.6. The third-order valence-electron chi connectivity index (χ3n) is 8.34. The van der Waals surface area contributed by atoms with Crippen LogP contribution in [-0.2, 0) is 48.1 Å². The molecule has 10 heteroatoms. The number of azide groups is 1. The summed E-state index contributed by atoms with van der Waals surface area (Å²) >= 11 is 0. The highest BCUT2D eigenvalue weighted by molar-refractivity contribution is 5.17. The van der Waals surface area contributed by atoms with Gasteiger partial charge in [0.05, 0.1) is 32.0 Å². The number of nitrogens with zero attached hydrogens (tertiary/aromatic N) is 3. The number of aliphatic hydroxyl groups is 1. The van der Waals surface area contributed by atoms with Crippen LogP contribution in [0.1, 0.15) is 23.6 Å². The summed E-state index contributed by atoms with van der Waals surface area (Å²) in [7, 11) is 0. The van der Waals surface area contributed by atoms with E-state index in [1.54, 1.807) is 0 Å². The number of rotatable bonds is 11. The van der Waals surface area contributed by atoms with Gasteiger partial charge in [-0.15, -0.1) is 0 Å². The summed E-state index contributed by atoms with van der Waals surface area (Å²) in [6, 6.07) is 28.8. The van der Waals surface area contributed by atoms with Crippen molar-refractivity contribution >= 4 is 0 Å². The van der Waals surface area contributed by atoms with E-state index in [1.165, 1.54) is 0 Å². The topological polar surface area (TPSA) is 124 Å². The zero-order valence-electron chi connectivity index (χ0n) is 24.0. The Morgan fingerprint density at radius 2 is 1.40 bits per heavy atom. The molecule has 3 aliphatic heterocycles. The van der Waals surface area contributed by atoms with Crippen LogP contribution in [0.25, 0.3) is 10.4 Å². The predicted molar refractivity (Wildman–Crippen MR) is 156 cm³/mol. The lowest BCUT2D eigenvalue weighted by atomic mass is 9.89. The van der Waals surface area contributed by atoms with Gasteiger partial charge in [0.25, 0.3) is 0 Å². The summed E-state index contributed by atoms with van der Waals surface area (Å²) in [6.07, 6.45) is -4.81. The van der Waals surface area contributed by atoms with Crippen LogP contribution < -0.4 is 0 Å². The molecule has 0 aliphatic carbocycles. The molecule has 10 nitrogen and oxygen atoms in total. The van der Waals surface area contributed by atoms with E-state index in [-0.39, 0.29) is 12.5 Å². The highest BCUT2D eigenvalue weighted by Crippen LogP contribution is 2.38. The van der Waals surface area contributed by atoms with E-state index in [0.29, 0.717) is 19.6 Å². The Morgan fingerprint density at radius 3 is 2.00 bits per heavy atom. The van der Waals surface area contributed by atoms with Gasteiger partial charge in [-0.1, -0.05) is 103 Å². The quantitative estimate of drug-likeness (QED) is 0.191. The zero-order valence-corrected chi connectivity index (χ0v) is 24.0. The average molecular weight is 588 g/mol. The van der Waals surface area contributed by atoms with E-state index in [0.717, 1.165) is 16.7 Å². The first-order valence-electron chi connectivity index (χ1n) is 14.8. The first kappa shape index (κ1) is 29.7. The van der Waals surface area contributed by atoms with Crippen LogP contribution in [0, 0.1) is 5.92 Å². The predicted octanol–water partition coefficient (Wildman–Crippen LogP) is 4.94. The van der Waals surface area contributed by atoms with Crippen LogP contribution in [0.2, 0.25) is 0 Å². The fraction of sp³-hybridized carbons (Fsp3) is 0.455. The van der Waals surface area contributed by atoms with Crippen molar-refractivity contribution in [2.45, 2.75) is 81.8 Å². The fourth-order valence-electron chi connectivity index (χ4n) is 6.05. The van der Waals surface area contributed by atoms with Gasteiger partial charge in [-0.25, -0.2) is 0 Å². The lowest BCUT2D eigenvalue weighted by molar-refractivity contribution is -0.322. The summed E-state index contributed by atoms with van der Waals surface area (Å²) in [5, 5.41) is 15.5. The Labute approximate surface area is 251 Å². The molecule has 3 aliphatic rings. The van der Waals surface area contributed by atoms with E-state index in [4.69, 9.17) is 28.4 Å². The molecule has 0 spiro atoms. The first-order chi connectivity index (χ1) is 21.1. The van der Waals surface area contributed by atoms with Crippen molar-refractivity contribution < 1.29 is 33.5 Å². The molecule has 0 aromatic heterocycles. The fourth-order valence-corrected chi connectivity index (χ4v) is 6.05. The van der Waals surface area contributed by atoms with Crippen LogP contribution in [-0.4, -0.2) is 67.0 Å². The van der Waals surface area contributed by atoms with Crippen LogP contribution in [0.15, 0.2) is 96.1 Å². The molecular weight excluding hydrogens is 550 g/mol. The van der Waals surface area contributed by atoms with Crippen molar-refractivity contribution in [1.82, 2.24) is 0 Å². The number of hydrogen-bond donors (Lipinski definition) is 1. The Hall–Kier alpha value is -3.31. The maximum atomic E-state index is 11.5. The largest absolute Gasteiger partial charge is 0.388 e. The SMILES string of the molecule is CC1[C@H](OC2C3CO[C@H](O3)C(N=[N+]=[N-])[C@@H]2OCc2ccccc2)OC(Cc2ccccc2)[C@@H](O)[C@H]1OCc1ccccc1. The molecule has 10 atom stereocenters. The molecule has 3 aromatic rings. The van der Waals surface area contributed by atoms with E-state index in [1.807, 2.05) is 97.9 Å². The smallest absolute Gasteiger partial charge is 0.169 e. The Bertz CT molecular complexity index is 1340. The number of aliphatic hydroxyl groups excluding tert-OH is 1. The molecular formula is C33H37N3O7. The Balaban J connectivity index is 1.25. The summed E-state index contributed by atoms with van der Waals surface area (Å²) < 4.78 is 37.9. The van der Waals surface area contributed by atoms with Crippen molar-refractivity contribution in [1.29, 1.82) is 0 Å². The van der Waals surface area contributed by atoms with Crippen molar-refractivity contribution in [3.63, 3.8) is 0 Å². The third-order valence-corrected chi connectivity index (χ3v) is 8.34. The maximum absolute atomic E-state index is 11.5. The van der Waals surface area contributed by atoms with E-state index in [2.05, 4.69) is 10.0 Å². The van der Waals surface area contributed by atoms with Gasteiger partial charge in [-0.3, -0.25) is 0 Å². The van der Waals surface area contributed by atoms with Gasteiger partial charge in [0.1, 0.15) is 30.5 Å². The van der Waals surface area contributed by atoms with Gasteiger partial charge in [-0.05, 0) is 22.2 Å². The molecule has 3 saturated heterocycles. The van der Waals surface area contributed by atoms with Crippen molar-refractivity contribution in [3.8, 4) is 0 Å². The first-order valence-corrected chi connectivity index (χ1v) is 14.8. The highest BCUT2D eigenvalue weighted by Gasteiger charge is 2.54. The molecule has 0 amide bonds. The van der Waals surface area contributed by atoms with Crippen molar-refractivity contribution in [2.75, 3.05) is 6.61 Å². The van der Waals surface area contributed by atoms with Gasteiger partial charge in [0.15, 0.2) is 12.6 Å². The second-order valence-electron chi connectivity index (χ2n) is 11.3. The summed E-state index contributed by atoms with van der Waals surface area (Å²) in [5.41, 5.74) is 12.4. The summed E-state index contributed by atoms with van der Waals surface area (Å²) in [6.45, 7) is 2.85. The van der Waals surface area contributed by atoms with Gasteiger partial charge in [0.2, 0.25) is 0 Å². The lowest BCUT2D eigenvalue weighted by Crippen LogP contribution is -2.60. The second-order valence-corrected chi connectivity index (χ2v) is 11.3. The number of ether oxygens (including phenoxy) is 6. The molecule has 1 N–H and O–H groups in total. The standard InChI is InChI=1S/C33H37N3O7/c1-21-29(38-18-23-13-7-3-8-14-23)28(37)25(17-22-11-5-2-6-12-22)41-32(21)43-30-26-20-40-33(42-26)27(35-36-34)31(30)39-19-24-15-9-4-10-16-24/h2-16,21,25-33,37H,17-20H2,1H3/t21?,25?,26?,27?,28-,29+,30?,31+,32+,33-/m1/s1. The highest BCUT2D eigenvalue weighted by atomic mass is 16.8. The molecule has 3 heterocycles. The molecule has 5 unspecified atom stereocenters. The normalized spacial score (nSPS) is 33.5. The van der Waals surface area contributed by atoms with E-state index in [9.17, 15) is 10.6 Å². The second kappa shape index (κ2) is 14.0. The molecule has 3 fully saturated rings. The Morgan fingerprint density at radius 1 is 0.814 bits per heavy atom. The number of benzene rings is 3. The molecule has 0 radical (unpaired) electrons. The molecule has 0 saturated carbocycles. The molecule has 3 aromatic carbocycles. The van der Waals surface area contributed by atoms with Crippen LogP contribution in [0.4, 0.5) is 0 Å². The van der Waals surface area contributed by atoms with Crippen LogP contribution >= 0.6 is 0 Å². The van der Waals surface area contributed by atoms with Gasteiger partial charge in [0, 0.05) is 17.3 Å². The van der Waals surface area contributed by atoms with E-state index < -0.39 is 55.2 Å². The summed E-state index contributed by atoms with van der Waals surface area (Å²) in [5.74, 6) is -0.349. The number of fused-ring (bicyclic) bond motifs is 2. The van der Waals surface area contributed by atoms with Gasteiger partial charge in [-0.2, -0.15) is 0 Å². The molecule has 226 valence electrons. The van der Waals surface area contributed by atoms with Crippen molar-refractivity contribution in [2.24, 2.45) is 11.0 Å². The van der Waals surface area contributed by atoms with Crippen LogP contribution in [0.5, 0.6) is 0 Å². The lowest BCUT2D eigenvalue weighted by Gasteiger charge is -2.46. The van der Waals surface area contributed by atoms with Gasteiger partial charge < -0.3 is 33.5 Å². The monoisotopic (exact) mass is 587 g/mol. The molecule has 2 bridgehead atoms. The number of hydrogen-bond acceptors (Lipinski definition) is 8. The third kappa shape index (κ3) is 6.93. The minimum Gasteiger partial charge on any atom is -0.388 e. The van der Waals surface area contributed by atoms with E-state index >= 15 is 0 Å². The molecule has 6 rings (SSSR count). The summed E-state index contributed by atoms with van der Waals surface area (Å²) in [4.78, 5) is 3.06. The molecule has 43 heavy (non-hydrogen) atoms. The minimum atomic E-state index is -0.887. The Kier molecular flexibility index (Phi) is 9.67. The van der Waals surface area contributed by atoms with Crippen molar-refractivity contribution in [3.05, 3.63) is 118 Å².